The van der Waals surface area contributed by atoms with Crippen LogP contribution in [0.5, 0.6) is 17.2 Å². The van der Waals surface area contributed by atoms with Gasteiger partial charge in [-0.05, 0) is 104 Å². The van der Waals surface area contributed by atoms with Crippen molar-refractivity contribution in [2.45, 2.75) is 77.8 Å². The number of nitrogens with one attached hydrogen (secondary N) is 1. The summed E-state index contributed by atoms with van der Waals surface area (Å²) in [6.45, 7) is 9.47. The molecule has 0 aliphatic carbocycles. The van der Waals surface area contributed by atoms with E-state index < -0.39 is 41.8 Å². The van der Waals surface area contributed by atoms with Crippen molar-refractivity contribution in [1.29, 1.82) is 0 Å². The molecular formula is C39H41N3O8. The van der Waals surface area contributed by atoms with Gasteiger partial charge in [0.1, 0.15) is 30.0 Å². The van der Waals surface area contributed by atoms with E-state index in [2.05, 4.69) is 10.3 Å². The van der Waals surface area contributed by atoms with Crippen molar-refractivity contribution < 1.29 is 38.8 Å². The molecule has 0 radical (unpaired) electrons. The Morgan fingerprint density at radius 2 is 1.70 bits per heavy atom. The number of phenols is 1. The Balaban J connectivity index is 1.22. The van der Waals surface area contributed by atoms with E-state index in [0.717, 1.165) is 44.6 Å². The number of aliphatic carboxylic acids is 1. The first kappa shape index (κ1) is 34.3. The molecule has 50 heavy (non-hydrogen) atoms. The van der Waals surface area contributed by atoms with Crippen LogP contribution >= 0.6 is 0 Å². The lowest BCUT2D eigenvalue weighted by molar-refractivity contribution is -0.142. The first-order valence-corrected chi connectivity index (χ1v) is 16.5. The standard InChI is InChI=1S/C39H41N3O8/c1-22-23(2)40-15-14-30(22)25-8-6-24(7-9-25)16-31(37(45)46)41-36(44)32-17-27-18-33-34(19-28(27)20-42(32)38(47)50-39(3,4)5)49-35(21-48-33)26-10-12-29(43)13-11-26/h6-15,18-19,31-32,35,43H,16-17,20-21H2,1-5H3,(H,41,44)(H,45,46)/t31-,32-,35+/m0/s1. The summed E-state index contributed by atoms with van der Waals surface area (Å²) in [7, 11) is 0. The van der Waals surface area contributed by atoms with Crippen LogP contribution in [0.1, 0.15) is 60.4 Å². The predicted octanol–water partition coefficient (Wildman–Crippen LogP) is 6.06. The fourth-order valence-electron chi connectivity index (χ4n) is 6.23. The number of carbonyl (C=O) groups is 3. The summed E-state index contributed by atoms with van der Waals surface area (Å²) in [5.41, 5.74) is 6.30. The SMILES string of the molecule is Cc1nccc(-c2ccc(C[C@H](NC(=O)[C@@H]3Cc4cc5c(cc4CN3C(=O)OC(C)(C)C)O[C@@H](c3ccc(O)cc3)CO5)C(=O)O)cc2)c1C. The van der Waals surface area contributed by atoms with Gasteiger partial charge in [-0.15, -0.1) is 0 Å². The Morgan fingerprint density at radius 1 is 1.00 bits per heavy atom. The number of amides is 2. The van der Waals surface area contributed by atoms with E-state index in [0.29, 0.717) is 11.5 Å². The van der Waals surface area contributed by atoms with Crippen LogP contribution in [0.2, 0.25) is 0 Å². The van der Waals surface area contributed by atoms with Crippen LogP contribution in [0, 0.1) is 13.8 Å². The number of aryl methyl sites for hydroxylation is 1. The van der Waals surface area contributed by atoms with Crippen molar-refractivity contribution in [3.05, 3.63) is 106 Å². The molecule has 0 bridgehead atoms. The summed E-state index contributed by atoms with van der Waals surface area (Å²) >= 11 is 0. The molecule has 11 heteroatoms. The number of nitrogens with zero attached hydrogens (tertiary/aromatic N) is 2. The molecule has 3 atom stereocenters. The smallest absolute Gasteiger partial charge is 0.411 e. The third-order valence-electron chi connectivity index (χ3n) is 9.03. The topological polar surface area (TPSA) is 148 Å². The molecule has 3 heterocycles. The van der Waals surface area contributed by atoms with Gasteiger partial charge >= 0.3 is 12.1 Å². The fourth-order valence-corrected chi connectivity index (χ4v) is 6.23. The number of carboxylic acid groups (broad SMARTS) is 1. The highest BCUT2D eigenvalue weighted by Crippen LogP contribution is 2.41. The number of carbonyl (C=O) groups excluding carboxylic acids is 2. The number of pyridine rings is 1. The van der Waals surface area contributed by atoms with Gasteiger partial charge < -0.3 is 29.7 Å². The molecule has 0 unspecified atom stereocenters. The van der Waals surface area contributed by atoms with Crippen molar-refractivity contribution >= 4 is 18.0 Å². The molecule has 11 nitrogen and oxygen atoms in total. The average molecular weight is 680 g/mol. The van der Waals surface area contributed by atoms with Crippen molar-refractivity contribution in [2.75, 3.05) is 6.61 Å². The summed E-state index contributed by atoms with van der Waals surface area (Å²) in [5, 5.41) is 22.5. The molecule has 0 spiro atoms. The predicted molar refractivity (Wildman–Crippen MR) is 185 cm³/mol. The molecule has 2 aliphatic rings. The number of benzene rings is 3. The Labute approximate surface area is 290 Å². The van der Waals surface area contributed by atoms with E-state index in [9.17, 15) is 24.6 Å². The van der Waals surface area contributed by atoms with Gasteiger partial charge in [0.25, 0.3) is 0 Å². The summed E-state index contributed by atoms with van der Waals surface area (Å²) in [6, 6.07) is 17.6. The number of fused-ring (bicyclic) bond motifs is 2. The first-order chi connectivity index (χ1) is 23.8. The van der Waals surface area contributed by atoms with Crippen molar-refractivity contribution in [3.63, 3.8) is 0 Å². The molecule has 3 aromatic carbocycles. The lowest BCUT2D eigenvalue weighted by Crippen LogP contribution is -2.56. The second-order valence-electron chi connectivity index (χ2n) is 13.8. The third-order valence-corrected chi connectivity index (χ3v) is 9.03. The van der Waals surface area contributed by atoms with Crippen LogP contribution < -0.4 is 14.8 Å². The van der Waals surface area contributed by atoms with Gasteiger partial charge in [-0.1, -0.05) is 36.4 Å². The van der Waals surface area contributed by atoms with Gasteiger partial charge in [0.05, 0.1) is 6.54 Å². The van der Waals surface area contributed by atoms with E-state index in [4.69, 9.17) is 14.2 Å². The minimum absolute atomic E-state index is 0.0376. The Kier molecular flexibility index (Phi) is 9.42. The quantitative estimate of drug-likeness (QED) is 0.212. The molecule has 1 aromatic heterocycles. The van der Waals surface area contributed by atoms with Crippen molar-refractivity contribution in [1.82, 2.24) is 15.2 Å². The van der Waals surface area contributed by atoms with Gasteiger partial charge in [-0.3, -0.25) is 14.7 Å². The van der Waals surface area contributed by atoms with Gasteiger partial charge in [0.2, 0.25) is 5.91 Å². The minimum atomic E-state index is -1.24. The molecule has 3 N–H and O–H groups in total. The number of carboxylic acids is 1. The maximum Gasteiger partial charge on any atom is 0.411 e. The first-order valence-electron chi connectivity index (χ1n) is 16.5. The van der Waals surface area contributed by atoms with E-state index >= 15 is 0 Å². The molecule has 2 amide bonds. The number of hydrogen-bond donors (Lipinski definition) is 3. The molecule has 6 rings (SSSR count). The fraction of sp³-hybridized carbons (Fsp3) is 0.333. The molecule has 0 fully saturated rings. The van der Waals surface area contributed by atoms with E-state index in [1.165, 1.54) is 4.90 Å². The summed E-state index contributed by atoms with van der Waals surface area (Å²) in [5.74, 6) is -0.642. The normalized spacial score (nSPS) is 17.3. The number of phenolic OH excluding ortho intramolecular Hbond substituents is 1. The van der Waals surface area contributed by atoms with Crippen LogP contribution in [-0.4, -0.2) is 62.4 Å². The zero-order chi connectivity index (χ0) is 35.7. The van der Waals surface area contributed by atoms with Crippen LogP contribution in [0.4, 0.5) is 4.79 Å². The van der Waals surface area contributed by atoms with Crippen LogP contribution in [-0.2, 0) is 33.7 Å². The maximum absolute atomic E-state index is 13.9. The van der Waals surface area contributed by atoms with Crippen LogP contribution in [0.3, 0.4) is 0 Å². The highest BCUT2D eigenvalue weighted by atomic mass is 16.6. The lowest BCUT2D eigenvalue weighted by atomic mass is 9.92. The number of ether oxygens (including phenoxy) is 3. The van der Waals surface area contributed by atoms with Crippen molar-refractivity contribution in [3.8, 4) is 28.4 Å². The molecule has 2 aliphatic heterocycles. The van der Waals surface area contributed by atoms with E-state index in [1.54, 1.807) is 57.3 Å². The molecule has 4 aromatic rings. The number of aromatic nitrogens is 1. The highest BCUT2D eigenvalue weighted by molar-refractivity contribution is 5.90. The van der Waals surface area contributed by atoms with Gasteiger partial charge in [0, 0.05) is 24.7 Å². The molecule has 0 saturated heterocycles. The zero-order valence-electron chi connectivity index (χ0n) is 28.7. The second-order valence-corrected chi connectivity index (χ2v) is 13.8. The van der Waals surface area contributed by atoms with Crippen molar-refractivity contribution in [2.24, 2.45) is 0 Å². The second kappa shape index (κ2) is 13.7. The van der Waals surface area contributed by atoms with Gasteiger partial charge in [-0.25, -0.2) is 9.59 Å². The third kappa shape index (κ3) is 7.51. The lowest BCUT2D eigenvalue weighted by Gasteiger charge is -2.38. The molecule has 260 valence electrons. The molecule has 0 saturated carbocycles. The number of aromatic hydroxyl groups is 1. The minimum Gasteiger partial charge on any atom is -0.508 e. The number of hydrogen-bond acceptors (Lipinski definition) is 8. The van der Waals surface area contributed by atoms with Crippen LogP contribution in [0.15, 0.2) is 72.9 Å². The largest absolute Gasteiger partial charge is 0.508 e. The molecular weight excluding hydrogens is 638 g/mol. The van der Waals surface area contributed by atoms with Gasteiger partial charge in [0.15, 0.2) is 17.6 Å². The summed E-state index contributed by atoms with van der Waals surface area (Å²) in [4.78, 5) is 45.5. The zero-order valence-corrected chi connectivity index (χ0v) is 28.7. The number of rotatable bonds is 7. The van der Waals surface area contributed by atoms with E-state index in [1.807, 2.05) is 50.2 Å². The van der Waals surface area contributed by atoms with Gasteiger partial charge in [-0.2, -0.15) is 0 Å². The van der Waals surface area contributed by atoms with Crippen LogP contribution in [0.25, 0.3) is 11.1 Å². The highest BCUT2D eigenvalue weighted by Gasteiger charge is 2.39. The monoisotopic (exact) mass is 679 g/mol. The van der Waals surface area contributed by atoms with E-state index in [-0.39, 0.29) is 31.7 Å². The Hall–Kier alpha value is -5.58. The maximum atomic E-state index is 13.9. The Bertz CT molecular complexity index is 1920. The Morgan fingerprint density at radius 3 is 2.38 bits per heavy atom. The average Bonchev–Trinajstić information content (AvgIpc) is 3.07. The summed E-state index contributed by atoms with van der Waals surface area (Å²) < 4.78 is 18.0. The summed E-state index contributed by atoms with van der Waals surface area (Å²) in [6.07, 6.45) is 0.829.